The number of hydrogen-bond acceptors (Lipinski definition) is 4. The van der Waals surface area contributed by atoms with Crippen LogP contribution in [0.1, 0.15) is 24.4 Å². The molecule has 146 valence electrons. The second-order valence-electron chi connectivity index (χ2n) is 6.63. The van der Waals surface area contributed by atoms with Gasteiger partial charge < -0.3 is 5.32 Å². The molecule has 0 unspecified atom stereocenters. The van der Waals surface area contributed by atoms with Crippen LogP contribution in [-0.2, 0) is 11.3 Å². The van der Waals surface area contributed by atoms with Crippen LogP contribution in [0.4, 0.5) is 4.39 Å². The van der Waals surface area contributed by atoms with Gasteiger partial charge in [-0.2, -0.15) is 10.2 Å². The summed E-state index contributed by atoms with van der Waals surface area (Å²) >= 11 is 0. The third-order valence-electron chi connectivity index (χ3n) is 4.44. The molecule has 3 rings (SSSR count). The van der Waals surface area contributed by atoms with Crippen molar-refractivity contribution in [3.63, 3.8) is 0 Å². The fourth-order valence-electron chi connectivity index (χ4n) is 2.92. The summed E-state index contributed by atoms with van der Waals surface area (Å²) in [6.07, 6.45) is 0. The summed E-state index contributed by atoms with van der Waals surface area (Å²) < 4.78 is 16.1. The molecule has 0 radical (unpaired) electrons. The molecule has 0 saturated carbocycles. The van der Waals surface area contributed by atoms with Crippen LogP contribution < -0.4 is 10.9 Å². The van der Waals surface area contributed by atoms with Gasteiger partial charge in [-0.05, 0) is 57.2 Å². The van der Waals surface area contributed by atoms with E-state index in [2.05, 4.69) is 15.5 Å². The van der Waals surface area contributed by atoms with Crippen molar-refractivity contribution < 1.29 is 9.18 Å². The van der Waals surface area contributed by atoms with Crippen LogP contribution in [0.2, 0.25) is 0 Å². The van der Waals surface area contributed by atoms with Gasteiger partial charge in [0, 0.05) is 23.9 Å². The molecule has 0 aliphatic rings. The molecule has 1 amide bonds. The number of rotatable bonds is 6. The van der Waals surface area contributed by atoms with Gasteiger partial charge in [0.05, 0.1) is 17.9 Å². The fourth-order valence-corrected chi connectivity index (χ4v) is 2.92. The number of aromatic nitrogens is 4. The van der Waals surface area contributed by atoms with E-state index in [0.717, 1.165) is 16.1 Å². The molecular weight excluding hydrogens is 361 g/mol. The number of carbonyl (C=O) groups is 1. The van der Waals surface area contributed by atoms with Crippen molar-refractivity contribution in [1.82, 2.24) is 24.9 Å². The van der Waals surface area contributed by atoms with Gasteiger partial charge in [-0.15, -0.1) is 0 Å². The van der Waals surface area contributed by atoms with Gasteiger partial charge in [0.25, 0.3) is 5.56 Å². The average molecular weight is 383 g/mol. The SMILES string of the molecule is Cc1cc(C)n(CCNC(=O)[C@@H](C)n2nc(-c3ccc(F)cc3)ccc2=O)n1. The second-order valence-corrected chi connectivity index (χ2v) is 6.63. The third-order valence-corrected chi connectivity index (χ3v) is 4.44. The highest BCUT2D eigenvalue weighted by Crippen LogP contribution is 2.16. The summed E-state index contributed by atoms with van der Waals surface area (Å²) in [4.78, 5) is 24.7. The number of halogens is 1. The highest BCUT2D eigenvalue weighted by molar-refractivity contribution is 5.79. The maximum absolute atomic E-state index is 13.1. The molecule has 0 aliphatic heterocycles. The molecule has 0 saturated heterocycles. The predicted octanol–water partition coefficient (Wildman–Crippen LogP) is 2.24. The molecular formula is C20H22FN5O2. The Morgan fingerprint density at radius 3 is 2.50 bits per heavy atom. The maximum atomic E-state index is 13.1. The van der Waals surface area contributed by atoms with Crippen LogP contribution >= 0.6 is 0 Å². The number of aryl methyl sites for hydroxylation is 2. The maximum Gasteiger partial charge on any atom is 0.267 e. The van der Waals surface area contributed by atoms with E-state index in [0.29, 0.717) is 24.3 Å². The van der Waals surface area contributed by atoms with Crippen molar-refractivity contribution >= 4 is 5.91 Å². The number of nitrogens with zero attached hydrogens (tertiary/aromatic N) is 4. The minimum atomic E-state index is -0.784. The number of benzene rings is 1. The van der Waals surface area contributed by atoms with E-state index in [9.17, 15) is 14.0 Å². The number of carbonyl (C=O) groups excluding carboxylic acids is 1. The smallest absolute Gasteiger partial charge is 0.267 e. The minimum absolute atomic E-state index is 0.313. The molecule has 8 heteroatoms. The highest BCUT2D eigenvalue weighted by Gasteiger charge is 2.18. The Labute approximate surface area is 161 Å². The van der Waals surface area contributed by atoms with Gasteiger partial charge in [-0.3, -0.25) is 14.3 Å². The first-order valence-corrected chi connectivity index (χ1v) is 9.00. The molecule has 3 aromatic rings. The Kier molecular flexibility index (Phi) is 5.67. The van der Waals surface area contributed by atoms with Crippen molar-refractivity contribution in [2.75, 3.05) is 6.54 Å². The molecule has 1 aromatic carbocycles. The average Bonchev–Trinajstić information content (AvgIpc) is 2.99. The normalized spacial score (nSPS) is 12.0. The van der Waals surface area contributed by atoms with E-state index in [1.807, 2.05) is 24.6 Å². The Hall–Kier alpha value is -3.29. The molecule has 28 heavy (non-hydrogen) atoms. The standard InChI is InChI=1S/C20H22FN5O2/c1-13-12-14(2)25(23-13)11-10-22-20(28)15(3)26-19(27)9-8-18(24-26)16-4-6-17(21)7-5-16/h4-9,12,15H,10-11H2,1-3H3,(H,22,28)/t15-/m1/s1. The van der Waals surface area contributed by atoms with E-state index in [4.69, 9.17) is 0 Å². The molecule has 2 aromatic heterocycles. The summed E-state index contributed by atoms with van der Waals surface area (Å²) in [5.74, 6) is -0.667. The van der Waals surface area contributed by atoms with Gasteiger partial charge in [0.15, 0.2) is 0 Å². The zero-order chi connectivity index (χ0) is 20.3. The van der Waals surface area contributed by atoms with Gasteiger partial charge in [0.1, 0.15) is 11.9 Å². The zero-order valence-corrected chi connectivity index (χ0v) is 16.0. The highest BCUT2D eigenvalue weighted by atomic mass is 19.1. The van der Waals surface area contributed by atoms with E-state index < -0.39 is 6.04 Å². The zero-order valence-electron chi connectivity index (χ0n) is 16.0. The van der Waals surface area contributed by atoms with E-state index in [1.54, 1.807) is 25.1 Å². The molecule has 0 aliphatic carbocycles. The third kappa shape index (κ3) is 4.33. The summed E-state index contributed by atoms with van der Waals surface area (Å²) in [5.41, 5.74) is 2.71. The first-order valence-electron chi connectivity index (χ1n) is 9.00. The molecule has 1 atom stereocenters. The van der Waals surface area contributed by atoms with E-state index >= 15 is 0 Å². The molecule has 0 spiro atoms. The lowest BCUT2D eigenvalue weighted by Crippen LogP contribution is -2.38. The number of nitrogens with one attached hydrogen (secondary N) is 1. The summed E-state index contributed by atoms with van der Waals surface area (Å²) in [6, 6.07) is 9.88. The Balaban J connectivity index is 1.70. The fraction of sp³-hybridized carbons (Fsp3) is 0.300. The van der Waals surface area contributed by atoms with Gasteiger partial charge in [-0.1, -0.05) is 0 Å². The van der Waals surface area contributed by atoms with Crippen molar-refractivity contribution in [3.8, 4) is 11.3 Å². The van der Waals surface area contributed by atoms with Gasteiger partial charge in [0.2, 0.25) is 5.91 Å². The van der Waals surface area contributed by atoms with E-state index in [1.165, 1.54) is 18.2 Å². The van der Waals surface area contributed by atoms with Crippen molar-refractivity contribution in [2.24, 2.45) is 0 Å². The van der Waals surface area contributed by atoms with Crippen molar-refractivity contribution in [3.05, 3.63) is 70.0 Å². The van der Waals surface area contributed by atoms with Crippen LogP contribution in [0.25, 0.3) is 11.3 Å². The van der Waals surface area contributed by atoms with E-state index in [-0.39, 0.29) is 17.3 Å². The summed E-state index contributed by atoms with van der Waals surface area (Å²) in [5, 5.41) is 11.4. The van der Waals surface area contributed by atoms with Crippen molar-refractivity contribution in [2.45, 2.75) is 33.4 Å². The van der Waals surface area contributed by atoms with Crippen LogP contribution in [-0.4, -0.2) is 32.0 Å². The second kappa shape index (κ2) is 8.16. The van der Waals surface area contributed by atoms with Crippen molar-refractivity contribution in [1.29, 1.82) is 0 Å². The lowest BCUT2D eigenvalue weighted by atomic mass is 10.1. The molecule has 1 N–H and O–H groups in total. The lowest BCUT2D eigenvalue weighted by molar-refractivity contribution is -0.124. The summed E-state index contributed by atoms with van der Waals surface area (Å²) in [7, 11) is 0. The first kappa shape index (κ1) is 19.5. The molecule has 0 fully saturated rings. The Bertz CT molecular complexity index is 1040. The summed E-state index contributed by atoms with van der Waals surface area (Å²) in [6.45, 7) is 6.40. The number of amides is 1. The Morgan fingerprint density at radius 1 is 1.14 bits per heavy atom. The first-order chi connectivity index (χ1) is 13.3. The molecule has 0 bridgehead atoms. The van der Waals surface area contributed by atoms with Crippen LogP contribution in [0.3, 0.4) is 0 Å². The topological polar surface area (TPSA) is 81.8 Å². The molecule has 2 heterocycles. The van der Waals surface area contributed by atoms with Crippen LogP contribution in [0.15, 0.2) is 47.3 Å². The monoisotopic (exact) mass is 383 g/mol. The van der Waals surface area contributed by atoms with Gasteiger partial charge in [-0.25, -0.2) is 9.07 Å². The predicted molar refractivity (Wildman–Crippen MR) is 103 cm³/mol. The molecule has 7 nitrogen and oxygen atoms in total. The van der Waals surface area contributed by atoms with Crippen LogP contribution in [0, 0.1) is 19.7 Å². The number of hydrogen-bond donors (Lipinski definition) is 1. The Morgan fingerprint density at radius 2 is 1.86 bits per heavy atom. The quantitative estimate of drug-likeness (QED) is 0.708. The lowest BCUT2D eigenvalue weighted by Gasteiger charge is -2.15. The minimum Gasteiger partial charge on any atom is -0.352 e. The van der Waals surface area contributed by atoms with Gasteiger partial charge >= 0.3 is 0 Å². The van der Waals surface area contributed by atoms with Crippen LogP contribution in [0.5, 0.6) is 0 Å². The largest absolute Gasteiger partial charge is 0.352 e.